The first-order valence-electron chi connectivity index (χ1n) is 6.75. The highest BCUT2D eigenvalue weighted by Gasteiger charge is 2.32. The van der Waals surface area contributed by atoms with Crippen molar-refractivity contribution in [3.63, 3.8) is 0 Å². The lowest BCUT2D eigenvalue weighted by Crippen LogP contribution is -2.42. The minimum Gasteiger partial charge on any atom is -0.396 e. The first-order valence-corrected chi connectivity index (χ1v) is 7.63. The molecule has 1 unspecified atom stereocenters. The van der Waals surface area contributed by atoms with Crippen LogP contribution in [0.4, 0.5) is 0 Å². The Morgan fingerprint density at radius 1 is 1.50 bits per heavy atom. The number of hydrogen-bond donors (Lipinski definition) is 2. The summed E-state index contributed by atoms with van der Waals surface area (Å²) in [5.41, 5.74) is 0.0168. The van der Waals surface area contributed by atoms with Crippen LogP contribution in [0.3, 0.4) is 0 Å². The Kier molecular flexibility index (Phi) is 5.18. The van der Waals surface area contributed by atoms with E-state index < -0.39 is 0 Å². The normalized spacial score (nSPS) is 20.8. The molecule has 18 heavy (non-hydrogen) atoms. The molecule has 1 aromatic rings. The van der Waals surface area contributed by atoms with Gasteiger partial charge in [0.15, 0.2) is 0 Å². The summed E-state index contributed by atoms with van der Waals surface area (Å²) in [5, 5.41) is 15.4. The van der Waals surface area contributed by atoms with Gasteiger partial charge in [0.25, 0.3) is 0 Å². The SMILES string of the molecule is CCC(NCC1(CO)CCOCC1)c1cccs1. The maximum atomic E-state index is 9.66. The highest BCUT2D eigenvalue weighted by atomic mass is 32.1. The Hall–Kier alpha value is -0.420. The van der Waals surface area contributed by atoms with E-state index >= 15 is 0 Å². The van der Waals surface area contributed by atoms with Gasteiger partial charge >= 0.3 is 0 Å². The van der Waals surface area contributed by atoms with Crippen molar-refractivity contribution in [1.29, 1.82) is 0 Å². The first-order chi connectivity index (χ1) is 8.79. The fourth-order valence-corrected chi connectivity index (χ4v) is 3.36. The number of nitrogens with one attached hydrogen (secondary N) is 1. The smallest absolute Gasteiger partial charge is 0.0501 e. The van der Waals surface area contributed by atoms with Crippen LogP contribution in [-0.2, 0) is 4.74 Å². The predicted molar refractivity (Wildman–Crippen MR) is 74.9 cm³/mol. The maximum absolute atomic E-state index is 9.66. The second-order valence-electron chi connectivity index (χ2n) is 5.13. The van der Waals surface area contributed by atoms with Crippen molar-refractivity contribution in [2.75, 3.05) is 26.4 Å². The van der Waals surface area contributed by atoms with Crippen LogP contribution in [0.15, 0.2) is 17.5 Å². The van der Waals surface area contributed by atoms with E-state index in [4.69, 9.17) is 4.74 Å². The predicted octanol–water partition coefficient (Wildman–Crippen LogP) is 2.58. The Morgan fingerprint density at radius 2 is 2.28 bits per heavy atom. The van der Waals surface area contributed by atoms with E-state index in [2.05, 4.69) is 29.8 Å². The average Bonchev–Trinajstić information content (AvgIpc) is 2.95. The molecule has 1 fully saturated rings. The zero-order valence-electron chi connectivity index (χ0n) is 11.0. The Balaban J connectivity index is 1.92. The van der Waals surface area contributed by atoms with Gasteiger partial charge < -0.3 is 15.2 Å². The molecule has 0 aliphatic carbocycles. The van der Waals surface area contributed by atoms with E-state index in [1.165, 1.54) is 4.88 Å². The van der Waals surface area contributed by atoms with Gasteiger partial charge in [-0.2, -0.15) is 0 Å². The summed E-state index contributed by atoms with van der Waals surface area (Å²) in [6.45, 7) is 4.89. The molecule has 1 atom stereocenters. The second-order valence-corrected chi connectivity index (χ2v) is 6.11. The molecule has 4 heteroatoms. The lowest BCUT2D eigenvalue weighted by molar-refractivity contribution is -0.0165. The van der Waals surface area contributed by atoms with Crippen molar-refractivity contribution < 1.29 is 9.84 Å². The van der Waals surface area contributed by atoms with E-state index in [0.29, 0.717) is 6.04 Å². The number of ether oxygens (including phenoxy) is 1. The minimum absolute atomic E-state index is 0.0168. The quantitative estimate of drug-likeness (QED) is 0.834. The first kappa shape index (κ1) is 14.0. The van der Waals surface area contributed by atoms with E-state index in [9.17, 15) is 5.11 Å². The third-order valence-corrected chi connectivity index (χ3v) is 4.89. The minimum atomic E-state index is 0.0168. The van der Waals surface area contributed by atoms with E-state index in [1.54, 1.807) is 11.3 Å². The fraction of sp³-hybridized carbons (Fsp3) is 0.714. The molecule has 2 rings (SSSR count). The average molecular weight is 269 g/mol. The lowest BCUT2D eigenvalue weighted by Gasteiger charge is -2.36. The molecule has 0 saturated carbocycles. The van der Waals surface area contributed by atoms with E-state index in [-0.39, 0.29) is 12.0 Å². The number of aliphatic hydroxyl groups excluding tert-OH is 1. The van der Waals surface area contributed by atoms with Crippen molar-refractivity contribution in [2.24, 2.45) is 5.41 Å². The lowest BCUT2D eigenvalue weighted by atomic mass is 9.81. The number of hydrogen-bond acceptors (Lipinski definition) is 4. The number of thiophene rings is 1. The summed E-state index contributed by atoms with van der Waals surface area (Å²) in [6.07, 6.45) is 2.99. The fourth-order valence-electron chi connectivity index (χ4n) is 2.47. The summed E-state index contributed by atoms with van der Waals surface area (Å²) < 4.78 is 5.40. The summed E-state index contributed by atoms with van der Waals surface area (Å²) in [6, 6.07) is 4.69. The Bertz CT molecular complexity index is 334. The molecule has 1 saturated heterocycles. The largest absolute Gasteiger partial charge is 0.396 e. The van der Waals surface area contributed by atoms with Crippen molar-refractivity contribution in [2.45, 2.75) is 32.2 Å². The molecule has 0 radical (unpaired) electrons. The van der Waals surface area contributed by atoms with Crippen LogP contribution >= 0.6 is 11.3 Å². The van der Waals surface area contributed by atoms with Gasteiger partial charge in [0.05, 0.1) is 6.61 Å². The molecule has 0 aromatic carbocycles. The maximum Gasteiger partial charge on any atom is 0.0501 e. The van der Waals surface area contributed by atoms with Gasteiger partial charge in [-0.1, -0.05) is 13.0 Å². The molecule has 0 amide bonds. The Labute approximate surface area is 113 Å². The van der Waals surface area contributed by atoms with Gasteiger partial charge in [0.1, 0.15) is 0 Å². The molecule has 0 spiro atoms. The third-order valence-electron chi connectivity index (χ3n) is 3.91. The second kappa shape index (κ2) is 6.66. The number of aliphatic hydroxyl groups is 1. The van der Waals surface area contributed by atoms with Crippen LogP contribution in [0.1, 0.15) is 37.1 Å². The molecule has 2 N–H and O–H groups in total. The third kappa shape index (κ3) is 3.32. The van der Waals surface area contributed by atoms with Gasteiger partial charge in [-0.3, -0.25) is 0 Å². The summed E-state index contributed by atoms with van der Waals surface area (Å²) in [4.78, 5) is 1.39. The van der Waals surface area contributed by atoms with Crippen LogP contribution in [0.2, 0.25) is 0 Å². The highest BCUT2D eigenvalue weighted by Crippen LogP contribution is 2.31. The van der Waals surface area contributed by atoms with Crippen LogP contribution < -0.4 is 5.32 Å². The monoisotopic (exact) mass is 269 g/mol. The molecule has 1 aliphatic heterocycles. The summed E-state index contributed by atoms with van der Waals surface area (Å²) >= 11 is 1.80. The van der Waals surface area contributed by atoms with Crippen molar-refractivity contribution in [3.05, 3.63) is 22.4 Å². The summed E-state index contributed by atoms with van der Waals surface area (Å²) in [7, 11) is 0. The topological polar surface area (TPSA) is 41.5 Å². The molecular formula is C14H23NO2S. The molecule has 0 bridgehead atoms. The van der Waals surface area contributed by atoms with Gasteiger partial charge in [0.2, 0.25) is 0 Å². The van der Waals surface area contributed by atoms with Crippen LogP contribution in [0.25, 0.3) is 0 Å². The van der Waals surface area contributed by atoms with Crippen molar-refractivity contribution >= 4 is 11.3 Å². The molecule has 102 valence electrons. The zero-order valence-corrected chi connectivity index (χ0v) is 11.8. The molecule has 2 heterocycles. The molecule has 3 nitrogen and oxygen atoms in total. The van der Waals surface area contributed by atoms with E-state index in [1.807, 2.05) is 0 Å². The van der Waals surface area contributed by atoms with Crippen LogP contribution in [-0.4, -0.2) is 31.5 Å². The zero-order chi connectivity index (χ0) is 12.8. The van der Waals surface area contributed by atoms with Gasteiger partial charge in [-0.05, 0) is 30.7 Å². The molecule has 1 aromatic heterocycles. The number of rotatable bonds is 6. The Morgan fingerprint density at radius 3 is 2.83 bits per heavy atom. The van der Waals surface area contributed by atoms with Crippen LogP contribution in [0.5, 0.6) is 0 Å². The van der Waals surface area contributed by atoms with E-state index in [0.717, 1.165) is 39.0 Å². The van der Waals surface area contributed by atoms with Crippen LogP contribution in [0, 0.1) is 5.41 Å². The molecular weight excluding hydrogens is 246 g/mol. The van der Waals surface area contributed by atoms with Gasteiger partial charge in [0, 0.05) is 36.1 Å². The molecule has 1 aliphatic rings. The van der Waals surface area contributed by atoms with Crippen molar-refractivity contribution in [1.82, 2.24) is 5.32 Å². The highest BCUT2D eigenvalue weighted by molar-refractivity contribution is 7.10. The summed E-state index contributed by atoms with van der Waals surface area (Å²) in [5.74, 6) is 0. The standard InChI is InChI=1S/C14H23NO2S/c1-2-12(13-4-3-9-18-13)15-10-14(11-16)5-7-17-8-6-14/h3-4,9,12,15-16H,2,5-8,10-11H2,1H3. The van der Waals surface area contributed by atoms with Crippen molar-refractivity contribution in [3.8, 4) is 0 Å². The van der Waals surface area contributed by atoms with Gasteiger partial charge in [-0.25, -0.2) is 0 Å². The van der Waals surface area contributed by atoms with Gasteiger partial charge in [-0.15, -0.1) is 11.3 Å².